The van der Waals surface area contributed by atoms with E-state index < -0.39 is 4.92 Å². The smallest absolute Gasteiger partial charge is 0.269 e. The van der Waals surface area contributed by atoms with Gasteiger partial charge in [-0.05, 0) is 18.9 Å². The maximum absolute atomic E-state index is 10.6. The van der Waals surface area contributed by atoms with Gasteiger partial charge in [-0.25, -0.2) is 4.98 Å². The Labute approximate surface area is 126 Å². The highest BCUT2D eigenvalue weighted by Gasteiger charge is 2.06. The predicted octanol–water partition coefficient (Wildman–Crippen LogP) is 2.00. The summed E-state index contributed by atoms with van der Waals surface area (Å²) in [7, 11) is 0. The Hall–Kier alpha value is -3.03. The van der Waals surface area contributed by atoms with Crippen LogP contribution in [0.3, 0.4) is 0 Å². The van der Waals surface area contributed by atoms with Gasteiger partial charge in [0.15, 0.2) is 0 Å². The van der Waals surface area contributed by atoms with E-state index in [2.05, 4.69) is 20.4 Å². The van der Waals surface area contributed by atoms with E-state index >= 15 is 0 Å². The van der Waals surface area contributed by atoms with Crippen LogP contribution in [0.5, 0.6) is 0 Å². The van der Waals surface area contributed by atoms with Crippen molar-refractivity contribution in [2.24, 2.45) is 0 Å². The van der Waals surface area contributed by atoms with Gasteiger partial charge in [0.05, 0.1) is 4.92 Å². The second kappa shape index (κ2) is 5.76. The number of benzene rings is 1. The number of aromatic nitrogens is 4. The van der Waals surface area contributed by atoms with Crippen LogP contribution in [0.25, 0.3) is 5.78 Å². The number of non-ortho nitro benzene ring substituents is 1. The van der Waals surface area contributed by atoms with Crippen molar-refractivity contribution in [1.82, 2.24) is 19.6 Å². The van der Waals surface area contributed by atoms with Gasteiger partial charge in [-0.1, -0.05) is 12.1 Å². The number of anilines is 1. The fraction of sp³-hybridized carbons (Fsp3) is 0.214. The van der Waals surface area contributed by atoms with Crippen molar-refractivity contribution in [2.45, 2.75) is 13.3 Å². The van der Waals surface area contributed by atoms with Gasteiger partial charge in [0.25, 0.3) is 11.5 Å². The Balaban J connectivity index is 1.67. The molecule has 0 aliphatic heterocycles. The number of fused-ring (bicyclic) bond motifs is 1. The van der Waals surface area contributed by atoms with Gasteiger partial charge in [0.1, 0.15) is 12.1 Å². The molecule has 2 heterocycles. The number of nitrogens with one attached hydrogen (secondary N) is 1. The zero-order chi connectivity index (χ0) is 15.5. The lowest BCUT2D eigenvalue weighted by Crippen LogP contribution is -2.10. The average molecular weight is 298 g/mol. The van der Waals surface area contributed by atoms with Crippen LogP contribution < -0.4 is 5.32 Å². The summed E-state index contributed by atoms with van der Waals surface area (Å²) in [4.78, 5) is 18.6. The van der Waals surface area contributed by atoms with Gasteiger partial charge in [0, 0.05) is 30.4 Å². The molecule has 0 unspecified atom stereocenters. The van der Waals surface area contributed by atoms with Crippen LogP contribution >= 0.6 is 0 Å². The Morgan fingerprint density at radius 2 is 2.09 bits per heavy atom. The zero-order valence-corrected chi connectivity index (χ0v) is 11.9. The number of rotatable bonds is 5. The largest absolute Gasteiger partial charge is 0.370 e. The van der Waals surface area contributed by atoms with Gasteiger partial charge in [-0.3, -0.25) is 10.1 Å². The molecule has 0 spiro atoms. The van der Waals surface area contributed by atoms with Crippen molar-refractivity contribution in [3.63, 3.8) is 0 Å². The second-order valence-corrected chi connectivity index (χ2v) is 4.85. The normalized spacial score (nSPS) is 10.8. The monoisotopic (exact) mass is 298 g/mol. The van der Waals surface area contributed by atoms with E-state index in [1.54, 1.807) is 16.6 Å². The lowest BCUT2D eigenvalue weighted by Gasteiger charge is -2.08. The summed E-state index contributed by atoms with van der Waals surface area (Å²) in [5.41, 5.74) is 1.99. The summed E-state index contributed by atoms with van der Waals surface area (Å²) in [6, 6.07) is 8.46. The maximum Gasteiger partial charge on any atom is 0.269 e. The number of hydrogen-bond acceptors (Lipinski definition) is 6. The third kappa shape index (κ3) is 2.85. The van der Waals surface area contributed by atoms with E-state index in [1.165, 1.54) is 18.5 Å². The molecule has 0 radical (unpaired) electrons. The lowest BCUT2D eigenvalue weighted by atomic mass is 10.1. The van der Waals surface area contributed by atoms with Gasteiger partial charge in [-0.15, -0.1) is 0 Å². The van der Waals surface area contributed by atoms with Crippen LogP contribution in [-0.2, 0) is 6.42 Å². The molecule has 0 bridgehead atoms. The first-order chi connectivity index (χ1) is 10.6. The fourth-order valence-electron chi connectivity index (χ4n) is 2.18. The molecular formula is C14H14N6O2. The van der Waals surface area contributed by atoms with Crippen LogP contribution in [0.4, 0.5) is 11.5 Å². The lowest BCUT2D eigenvalue weighted by molar-refractivity contribution is -0.384. The number of hydrogen-bond donors (Lipinski definition) is 1. The molecule has 0 saturated carbocycles. The summed E-state index contributed by atoms with van der Waals surface area (Å²) in [6.45, 7) is 2.58. The Bertz CT molecular complexity index is 812. The predicted molar refractivity (Wildman–Crippen MR) is 80.8 cm³/mol. The molecule has 1 N–H and O–H groups in total. The van der Waals surface area contributed by atoms with E-state index in [1.807, 2.05) is 13.0 Å². The Morgan fingerprint density at radius 1 is 1.32 bits per heavy atom. The van der Waals surface area contributed by atoms with E-state index in [0.717, 1.165) is 23.5 Å². The molecule has 22 heavy (non-hydrogen) atoms. The number of nitro benzene ring substituents is 1. The van der Waals surface area contributed by atoms with E-state index in [-0.39, 0.29) is 5.69 Å². The van der Waals surface area contributed by atoms with Crippen LogP contribution in [0, 0.1) is 17.0 Å². The highest BCUT2D eigenvalue weighted by Crippen LogP contribution is 2.13. The molecule has 3 rings (SSSR count). The third-order valence-electron chi connectivity index (χ3n) is 3.25. The molecule has 0 atom stereocenters. The number of nitrogens with zero attached hydrogens (tertiary/aromatic N) is 5. The molecule has 0 fully saturated rings. The third-order valence-corrected chi connectivity index (χ3v) is 3.25. The first kappa shape index (κ1) is 13.9. The highest BCUT2D eigenvalue weighted by molar-refractivity contribution is 5.44. The SMILES string of the molecule is Cc1cc(NCCc2ccc([N+](=O)[O-])cc2)n2ncnc2n1. The summed E-state index contributed by atoms with van der Waals surface area (Å²) in [5.74, 6) is 1.37. The Kier molecular flexibility index (Phi) is 3.65. The van der Waals surface area contributed by atoms with Crippen molar-refractivity contribution in [1.29, 1.82) is 0 Å². The minimum Gasteiger partial charge on any atom is -0.370 e. The van der Waals surface area contributed by atoms with Crippen LogP contribution in [0.15, 0.2) is 36.7 Å². The van der Waals surface area contributed by atoms with Crippen LogP contribution in [0.2, 0.25) is 0 Å². The van der Waals surface area contributed by atoms with Crippen molar-refractivity contribution < 1.29 is 4.92 Å². The maximum atomic E-state index is 10.6. The topological polar surface area (TPSA) is 98.2 Å². The second-order valence-electron chi connectivity index (χ2n) is 4.85. The van der Waals surface area contributed by atoms with Crippen molar-refractivity contribution in [3.8, 4) is 0 Å². The standard InChI is InChI=1S/C14H14N6O2/c1-10-8-13(19-14(18-10)16-9-17-19)15-7-6-11-2-4-12(5-3-11)20(21)22/h2-5,8-9,15H,6-7H2,1H3. The molecule has 0 saturated heterocycles. The van der Waals surface area contributed by atoms with Gasteiger partial charge >= 0.3 is 0 Å². The van der Waals surface area contributed by atoms with Gasteiger partial charge in [0.2, 0.25) is 0 Å². The molecular weight excluding hydrogens is 284 g/mol. The average Bonchev–Trinajstić information content (AvgIpc) is 2.96. The molecule has 2 aromatic heterocycles. The van der Waals surface area contributed by atoms with Gasteiger partial charge in [-0.2, -0.15) is 14.6 Å². The highest BCUT2D eigenvalue weighted by atomic mass is 16.6. The van der Waals surface area contributed by atoms with Gasteiger partial charge < -0.3 is 5.32 Å². The van der Waals surface area contributed by atoms with Crippen LogP contribution in [0.1, 0.15) is 11.3 Å². The van der Waals surface area contributed by atoms with Crippen molar-refractivity contribution in [3.05, 3.63) is 58.0 Å². The summed E-state index contributed by atoms with van der Waals surface area (Å²) in [6.07, 6.45) is 2.21. The van der Waals surface area contributed by atoms with Crippen molar-refractivity contribution in [2.75, 3.05) is 11.9 Å². The molecule has 3 aromatic rings. The number of nitro groups is 1. The van der Waals surface area contributed by atoms with E-state index in [9.17, 15) is 10.1 Å². The first-order valence-electron chi connectivity index (χ1n) is 6.78. The minimum absolute atomic E-state index is 0.103. The summed E-state index contributed by atoms with van der Waals surface area (Å²) in [5, 5.41) is 18.0. The minimum atomic E-state index is -0.400. The molecule has 1 aromatic carbocycles. The molecule has 0 aliphatic carbocycles. The molecule has 112 valence electrons. The van der Waals surface area contributed by atoms with Crippen molar-refractivity contribution >= 4 is 17.3 Å². The number of aryl methyl sites for hydroxylation is 1. The zero-order valence-electron chi connectivity index (χ0n) is 11.9. The first-order valence-corrected chi connectivity index (χ1v) is 6.78. The Morgan fingerprint density at radius 3 is 2.82 bits per heavy atom. The quantitative estimate of drug-likeness (QED) is 0.571. The molecule has 8 nitrogen and oxygen atoms in total. The summed E-state index contributed by atoms with van der Waals surface area (Å²) < 4.78 is 1.64. The van der Waals surface area contributed by atoms with E-state index in [4.69, 9.17) is 0 Å². The molecule has 8 heteroatoms. The fourth-order valence-corrected chi connectivity index (χ4v) is 2.18. The molecule has 0 aliphatic rings. The molecule has 0 amide bonds. The van der Waals surface area contributed by atoms with Crippen LogP contribution in [-0.4, -0.2) is 31.1 Å². The van der Waals surface area contributed by atoms with E-state index in [0.29, 0.717) is 12.3 Å². The summed E-state index contributed by atoms with van der Waals surface area (Å²) >= 11 is 0.